The third kappa shape index (κ3) is 2.08. The molecule has 4 rings (SSSR count). The second kappa shape index (κ2) is 4.91. The Labute approximate surface area is 118 Å². The van der Waals surface area contributed by atoms with Gasteiger partial charge in [-0.05, 0) is 62.0 Å². The van der Waals surface area contributed by atoms with E-state index in [1.807, 2.05) is 12.4 Å². The second-order valence-corrected chi connectivity index (χ2v) is 5.84. The summed E-state index contributed by atoms with van der Waals surface area (Å²) in [6.45, 7) is 2.35. The van der Waals surface area contributed by atoms with Crippen LogP contribution in [0.25, 0.3) is 21.8 Å². The van der Waals surface area contributed by atoms with Crippen LogP contribution in [0.5, 0.6) is 0 Å². The highest BCUT2D eigenvalue weighted by atomic mass is 14.9. The van der Waals surface area contributed by atoms with Crippen LogP contribution in [-0.4, -0.2) is 23.1 Å². The van der Waals surface area contributed by atoms with E-state index in [0.717, 1.165) is 18.0 Å². The minimum atomic E-state index is 0.785. The van der Waals surface area contributed by atoms with E-state index in [1.54, 1.807) is 0 Å². The van der Waals surface area contributed by atoms with Gasteiger partial charge in [0, 0.05) is 22.5 Å². The van der Waals surface area contributed by atoms with Crippen LogP contribution in [0, 0.1) is 5.92 Å². The van der Waals surface area contributed by atoms with Crippen molar-refractivity contribution in [2.24, 2.45) is 5.92 Å². The number of H-pyrrole nitrogens is 1. The first-order valence-electron chi connectivity index (χ1n) is 7.45. The summed E-state index contributed by atoms with van der Waals surface area (Å²) in [6, 6.07) is 8.92. The van der Waals surface area contributed by atoms with Crippen molar-refractivity contribution in [1.82, 2.24) is 15.3 Å². The summed E-state index contributed by atoms with van der Waals surface area (Å²) in [5.74, 6) is 0.785. The Morgan fingerprint density at radius 2 is 2.15 bits per heavy atom. The number of hydrogen-bond donors (Lipinski definition) is 2. The van der Waals surface area contributed by atoms with Crippen molar-refractivity contribution in [1.29, 1.82) is 0 Å². The minimum Gasteiger partial charge on any atom is -0.353 e. The van der Waals surface area contributed by atoms with Gasteiger partial charge in [-0.25, -0.2) is 0 Å². The molecule has 3 aromatic rings. The SMILES string of the molecule is c1cc2c(cn1)[nH]c1ccc(CC3CCCNC3)cc12. The van der Waals surface area contributed by atoms with E-state index in [1.165, 1.54) is 47.7 Å². The molecule has 1 fully saturated rings. The number of aromatic nitrogens is 2. The van der Waals surface area contributed by atoms with Crippen molar-refractivity contribution < 1.29 is 0 Å². The normalized spacial score (nSPS) is 19.7. The first-order valence-corrected chi connectivity index (χ1v) is 7.45. The summed E-state index contributed by atoms with van der Waals surface area (Å²) in [4.78, 5) is 7.62. The number of rotatable bonds is 2. The number of pyridine rings is 1. The molecule has 1 saturated heterocycles. The van der Waals surface area contributed by atoms with Crippen LogP contribution in [0.3, 0.4) is 0 Å². The number of fused-ring (bicyclic) bond motifs is 3. The van der Waals surface area contributed by atoms with Gasteiger partial charge in [-0.15, -0.1) is 0 Å². The van der Waals surface area contributed by atoms with Gasteiger partial charge in [0.25, 0.3) is 0 Å². The summed E-state index contributed by atoms with van der Waals surface area (Å²) in [5.41, 5.74) is 3.78. The summed E-state index contributed by atoms with van der Waals surface area (Å²) >= 11 is 0. The Bertz CT molecular complexity index is 738. The van der Waals surface area contributed by atoms with Gasteiger partial charge in [-0.2, -0.15) is 0 Å². The summed E-state index contributed by atoms with van der Waals surface area (Å²) in [7, 11) is 0. The molecular weight excluding hydrogens is 246 g/mol. The molecule has 0 spiro atoms. The van der Waals surface area contributed by atoms with Crippen LogP contribution < -0.4 is 5.32 Å². The van der Waals surface area contributed by atoms with Crippen LogP contribution in [-0.2, 0) is 6.42 Å². The lowest BCUT2D eigenvalue weighted by molar-refractivity contribution is 0.376. The van der Waals surface area contributed by atoms with Gasteiger partial charge < -0.3 is 10.3 Å². The zero-order valence-corrected chi connectivity index (χ0v) is 11.5. The van der Waals surface area contributed by atoms with E-state index in [-0.39, 0.29) is 0 Å². The molecule has 1 aliphatic heterocycles. The Kier molecular flexibility index (Phi) is 2.92. The molecule has 102 valence electrons. The number of benzene rings is 1. The number of aromatic amines is 1. The lowest BCUT2D eigenvalue weighted by Gasteiger charge is -2.22. The Hall–Kier alpha value is -1.87. The van der Waals surface area contributed by atoms with E-state index in [9.17, 15) is 0 Å². The molecule has 0 saturated carbocycles. The molecule has 1 aromatic carbocycles. The first kappa shape index (κ1) is 11.9. The van der Waals surface area contributed by atoms with Gasteiger partial charge in [-0.1, -0.05) is 6.07 Å². The van der Waals surface area contributed by atoms with Crippen molar-refractivity contribution in [2.75, 3.05) is 13.1 Å². The molecule has 2 aromatic heterocycles. The molecule has 0 amide bonds. The van der Waals surface area contributed by atoms with E-state index < -0.39 is 0 Å². The Morgan fingerprint density at radius 1 is 1.15 bits per heavy atom. The maximum absolute atomic E-state index is 4.18. The van der Waals surface area contributed by atoms with Crippen LogP contribution >= 0.6 is 0 Å². The highest BCUT2D eigenvalue weighted by Gasteiger charge is 2.14. The molecule has 1 aliphatic rings. The quantitative estimate of drug-likeness (QED) is 0.746. The predicted molar refractivity (Wildman–Crippen MR) is 82.9 cm³/mol. The van der Waals surface area contributed by atoms with Crippen LogP contribution in [0.1, 0.15) is 18.4 Å². The summed E-state index contributed by atoms with van der Waals surface area (Å²) in [5, 5.41) is 6.10. The van der Waals surface area contributed by atoms with Gasteiger partial charge in [0.2, 0.25) is 0 Å². The smallest absolute Gasteiger partial charge is 0.0651 e. The van der Waals surface area contributed by atoms with Crippen LogP contribution in [0.2, 0.25) is 0 Å². The van der Waals surface area contributed by atoms with E-state index in [4.69, 9.17) is 0 Å². The lowest BCUT2D eigenvalue weighted by Crippen LogP contribution is -2.30. The molecule has 2 N–H and O–H groups in total. The highest BCUT2D eigenvalue weighted by Crippen LogP contribution is 2.27. The van der Waals surface area contributed by atoms with Gasteiger partial charge >= 0.3 is 0 Å². The molecule has 3 heteroatoms. The summed E-state index contributed by atoms with van der Waals surface area (Å²) < 4.78 is 0. The standard InChI is InChI=1S/C17H19N3/c1-2-13(10-18-6-1)8-12-3-4-16-15(9-12)14-5-7-19-11-17(14)20-16/h3-5,7,9,11,13,18,20H,1-2,6,8,10H2. The first-order chi connectivity index (χ1) is 9.90. The average molecular weight is 265 g/mol. The molecule has 0 bridgehead atoms. The number of nitrogens with zero attached hydrogens (tertiary/aromatic N) is 1. The third-order valence-corrected chi connectivity index (χ3v) is 4.39. The fraction of sp³-hybridized carbons (Fsp3) is 0.353. The fourth-order valence-corrected chi connectivity index (χ4v) is 3.36. The largest absolute Gasteiger partial charge is 0.353 e. The molecule has 3 nitrogen and oxygen atoms in total. The predicted octanol–water partition coefficient (Wildman–Crippen LogP) is 3.26. The number of nitrogens with one attached hydrogen (secondary N) is 2. The van der Waals surface area contributed by atoms with Crippen molar-refractivity contribution in [2.45, 2.75) is 19.3 Å². The van der Waals surface area contributed by atoms with Gasteiger partial charge in [-0.3, -0.25) is 4.98 Å². The molecule has 0 radical (unpaired) electrons. The minimum absolute atomic E-state index is 0.785. The monoisotopic (exact) mass is 265 g/mol. The number of hydrogen-bond acceptors (Lipinski definition) is 2. The average Bonchev–Trinajstić information content (AvgIpc) is 2.86. The molecular formula is C17H19N3. The van der Waals surface area contributed by atoms with Crippen LogP contribution in [0.15, 0.2) is 36.7 Å². The van der Waals surface area contributed by atoms with E-state index in [0.29, 0.717) is 0 Å². The van der Waals surface area contributed by atoms with Crippen molar-refractivity contribution in [3.8, 4) is 0 Å². The highest BCUT2D eigenvalue weighted by molar-refractivity contribution is 6.06. The molecule has 1 unspecified atom stereocenters. The van der Waals surface area contributed by atoms with E-state index >= 15 is 0 Å². The Balaban J connectivity index is 1.71. The van der Waals surface area contributed by atoms with Crippen LogP contribution in [0.4, 0.5) is 0 Å². The van der Waals surface area contributed by atoms with Crippen molar-refractivity contribution >= 4 is 21.8 Å². The van der Waals surface area contributed by atoms with Crippen molar-refractivity contribution in [3.05, 3.63) is 42.2 Å². The van der Waals surface area contributed by atoms with Crippen molar-refractivity contribution in [3.63, 3.8) is 0 Å². The molecule has 0 aliphatic carbocycles. The van der Waals surface area contributed by atoms with Gasteiger partial charge in [0.15, 0.2) is 0 Å². The number of piperidine rings is 1. The molecule has 20 heavy (non-hydrogen) atoms. The Morgan fingerprint density at radius 3 is 3.05 bits per heavy atom. The molecule has 3 heterocycles. The third-order valence-electron chi connectivity index (χ3n) is 4.39. The fourth-order valence-electron chi connectivity index (χ4n) is 3.36. The second-order valence-electron chi connectivity index (χ2n) is 5.84. The zero-order chi connectivity index (χ0) is 13.4. The van der Waals surface area contributed by atoms with Gasteiger partial charge in [0.1, 0.15) is 0 Å². The lowest BCUT2D eigenvalue weighted by atomic mass is 9.92. The zero-order valence-electron chi connectivity index (χ0n) is 11.5. The van der Waals surface area contributed by atoms with Gasteiger partial charge in [0.05, 0.1) is 11.7 Å². The maximum atomic E-state index is 4.18. The van der Waals surface area contributed by atoms with E-state index in [2.05, 4.69) is 39.6 Å². The maximum Gasteiger partial charge on any atom is 0.0651 e. The molecule has 1 atom stereocenters. The topological polar surface area (TPSA) is 40.7 Å². The summed E-state index contributed by atoms with van der Waals surface area (Å²) in [6.07, 6.45) is 7.61.